The molecule has 0 aliphatic rings. The van der Waals surface area contributed by atoms with Crippen molar-refractivity contribution in [2.75, 3.05) is 6.61 Å². The van der Waals surface area contributed by atoms with Gasteiger partial charge in [0.05, 0.1) is 17.8 Å². The number of nitrogens with zero attached hydrogens (tertiary/aromatic N) is 1. The van der Waals surface area contributed by atoms with Crippen LogP contribution in [0.25, 0.3) is 33.6 Å². The highest BCUT2D eigenvalue weighted by molar-refractivity contribution is 6.02. The fourth-order valence-electron chi connectivity index (χ4n) is 4.06. The van der Waals surface area contributed by atoms with E-state index in [4.69, 9.17) is 4.74 Å². The van der Waals surface area contributed by atoms with Crippen molar-refractivity contribution < 1.29 is 13.9 Å². The van der Waals surface area contributed by atoms with Crippen molar-refractivity contribution in [1.82, 2.24) is 4.40 Å². The van der Waals surface area contributed by atoms with Gasteiger partial charge in [0.2, 0.25) is 0 Å². The van der Waals surface area contributed by atoms with Crippen molar-refractivity contribution in [2.45, 2.75) is 26.7 Å². The molecule has 0 bridgehead atoms. The van der Waals surface area contributed by atoms with Crippen molar-refractivity contribution in [2.24, 2.45) is 0 Å². The molecule has 152 valence electrons. The SMILES string of the molecule is CCOC(=O)C=Cc1c(C(C)C)c2c3ccccc3ccn2c1-c1ccc(F)cc1. The molecule has 4 heteroatoms. The minimum atomic E-state index is -0.377. The van der Waals surface area contributed by atoms with Gasteiger partial charge >= 0.3 is 5.97 Å². The standard InChI is InChI=1S/C26H24FNO2/c1-4-30-23(29)14-13-22-24(17(2)3)26-21-8-6-5-7-18(21)15-16-28(26)25(22)19-9-11-20(27)12-10-19/h5-17H,4H2,1-3H3. The molecule has 4 aromatic rings. The van der Waals surface area contributed by atoms with Crippen LogP contribution in [0.2, 0.25) is 0 Å². The third-order valence-corrected chi connectivity index (χ3v) is 5.27. The lowest BCUT2D eigenvalue weighted by atomic mass is 9.95. The van der Waals surface area contributed by atoms with Crippen molar-refractivity contribution >= 4 is 28.3 Å². The van der Waals surface area contributed by atoms with Crippen LogP contribution >= 0.6 is 0 Å². The van der Waals surface area contributed by atoms with Gasteiger partial charge in [0.25, 0.3) is 0 Å². The summed E-state index contributed by atoms with van der Waals surface area (Å²) >= 11 is 0. The van der Waals surface area contributed by atoms with Crippen LogP contribution in [-0.4, -0.2) is 17.0 Å². The summed E-state index contributed by atoms with van der Waals surface area (Å²) < 4.78 is 20.9. The first-order valence-electron chi connectivity index (χ1n) is 10.2. The minimum Gasteiger partial charge on any atom is -0.463 e. The molecule has 0 aliphatic carbocycles. The van der Waals surface area contributed by atoms with Gasteiger partial charge in [-0.25, -0.2) is 9.18 Å². The third-order valence-electron chi connectivity index (χ3n) is 5.27. The molecule has 0 N–H and O–H groups in total. The number of ether oxygens (including phenoxy) is 1. The molecule has 30 heavy (non-hydrogen) atoms. The lowest BCUT2D eigenvalue weighted by Crippen LogP contribution is -1.99. The molecule has 2 aromatic carbocycles. The van der Waals surface area contributed by atoms with E-state index in [1.54, 1.807) is 19.1 Å². The molecule has 3 nitrogen and oxygen atoms in total. The molecule has 0 unspecified atom stereocenters. The molecule has 0 spiro atoms. The average Bonchev–Trinajstić information content (AvgIpc) is 3.08. The van der Waals surface area contributed by atoms with Crippen LogP contribution in [0.4, 0.5) is 4.39 Å². The molecule has 4 rings (SSSR count). The zero-order valence-electron chi connectivity index (χ0n) is 17.4. The number of hydrogen-bond donors (Lipinski definition) is 0. The normalized spacial score (nSPS) is 11.8. The third kappa shape index (κ3) is 3.50. The lowest BCUT2D eigenvalue weighted by Gasteiger charge is -2.08. The van der Waals surface area contributed by atoms with Gasteiger partial charge in [0.1, 0.15) is 5.82 Å². The van der Waals surface area contributed by atoms with E-state index in [9.17, 15) is 9.18 Å². The van der Waals surface area contributed by atoms with Crippen LogP contribution in [0.15, 0.2) is 66.9 Å². The molecule has 0 fully saturated rings. The van der Waals surface area contributed by atoms with Gasteiger partial charge in [-0.15, -0.1) is 0 Å². The van der Waals surface area contributed by atoms with Gasteiger partial charge in [-0.1, -0.05) is 38.1 Å². The van der Waals surface area contributed by atoms with E-state index in [2.05, 4.69) is 36.4 Å². The number of rotatable bonds is 5. The summed E-state index contributed by atoms with van der Waals surface area (Å²) in [7, 11) is 0. The number of hydrogen-bond acceptors (Lipinski definition) is 2. The van der Waals surface area contributed by atoms with Crippen molar-refractivity contribution in [3.05, 3.63) is 83.8 Å². The maximum absolute atomic E-state index is 13.6. The minimum absolute atomic E-state index is 0.210. The van der Waals surface area contributed by atoms with E-state index in [1.807, 2.05) is 24.4 Å². The number of aromatic nitrogens is 1. The smallest absolute Gasteiger partial charge is 0.330 e. The topological polar surface area (TPSA) is 30.7 Å². The zero-order chi connectivity index (χ0) is 21.3. The molecular weight excluding hydrogens is 377 g/mol. The summed E-state index contributed by atoms with van der Waals surface area (Å²) in [4.78, 5) is 12.1. The van der Waals surface area contributed by atoms with E-state index in [1.165, 1.54) is 18.2 Å². The first-order chi connectivity index (χ1) is 14.5. The van der Waals surface area contributed by atoms with Gasteiger partial charge in [-0.2, -0.15) is 0 Å². The highest BCUT2D eigenvalue weighted by Crippen LogP contribution is 2.40. The summed E-state index contributed by atoms with van der Waals surface area (Å²) in [5.74, 6) is -0.447. The number of benzene rings is 2. The molecule has 0 amide bonds. The van der Waals surface area contributed by atoms with E-state index in [0.29, 0.717) is 6.61 Å². The van der Waals surface area contributed by atoms with Crippen LogP contribution in [0.1, 0.15) is 37.8 Å². The molecule has 0 atom stereocenters. The van der Waals surface area contributed by atoms with Crippen molar-refractivity contribution in [3.63, 3.8) is 0 Å². The monoisotopic (exact) mass is 401 g/mol. The second-order valence-corrected chi connectivity index (χ2v) is 7.54. The Balaban J connectivity index is 2.10. The average molecular weight is 401 g/mol. The summed E-state index contributed by atoms with van der Waals surface area (Å²) in [6.45, 7) is 6.40. The Hall–Kier alpha value is -3.40. The van der Waals surface area contributed by atoms with Crippen LogP contribution < -0.4 is 0 Å². The molecular formula is C26H24FNO2. The van der Waals surface area contributed by atoms with E-state index in [-0.39, 0.29) is 17.7 Å². The maximum Gasteiger partial charge on any atom is 0.330 e. The van der Waals surface area contributed by atoms with Crippen LogP contribution in [0.3, 0.4) is 0 Å². The van der Waals surface area contributed by atoms with Crippen molar-refractivity contribution in [3.8, 4) is 11.3 Å². The Labute approximate surface area is 175 Å². The van der Waals surface area contributed by atoms with E-state index >= 15 is 0 Å². The van der Waals surface area contributed by atoms with Gasteiger partial charge in [-0.05, 0) is 65.8 Å². The van der Waals surface area contributed by atoms with Gasteiger partial charge in [-0.3, -0.25) is 0 Å². The highest BCUT2D eigenvalue weighted by atomic mass is 19.1. The second-order valence-electron chi connectivity index (χ2n) is 7.54. The molecule has 0 aliphatic heterocycles. The Morgan fingerprint density at radius 2 is 1.83 bits per heavy atom. The molecule has 0 radical (unpaired) electrons. The second kappa shape index (κ2) is 8.15. The fourth-order valence-corrected chi connectivity index (χ4v) is 4.06. The summed E-state index contributed by atoms with van der Waals surface area (Å²) in [5, 5.41) is 2.29. The summed E-state index contributed by atoms with van der Waals surface area (Å²) in [6.07, 6.45) is 5.34. The number of halogens is 1. The Bertz CT molecular complexity index is 1250. The molecule has 2 aromatic heterocycles. The van der Waals surface area contributed by atoms with E-state index < -0.39 is 0 Å². The number of carbonyl (C=O) groups excluding carboxylic acids is 1. The molecule has 2 heterocycles. The number of pyridine rings is 1. The van der Waals surface area contributed by atoms with Gasteiger partial charge in [0, 0.05) is 23.2 Å². The maximum atomic E-state index is 13.6. The fraction of sp³-hybridized carbons (Fsp3) is 0.192. The Kier molecular flexibility index (Phi) is 5.40. The predicted octanol–water partition coefficient (Wildman–Crippen LogP) is 6.60. The van der Waals surface area contributed by atoms with Crippen LogP contribution in [-0.2, 0) is 9.53 Å². The van der Waals surface area contributed by atoms with E-state index in [0.717, 1.165) is 38.7 Å². The number of carbonyl (C=O) groups is 1. The van der Waals surface area contributed by atoms with Gasteiger partial charge in [0.15, 0.2) is 0 Å². The Morgan fingerprint density at radius 1 is 1.10 bits per heavy atom. The van der Waals surface area contributed by atoms with Crippen LogP contribution in [0, 0.1) is 5.82 Å². The first kappa shape index (κ1) is 19.9. The summed E-state index contributed by atoms with van der Waals surface area (Å²) in [6, 6.07) is 16.8. The van der Waals surface area contributed by atoms with Crippen molar-refractivity contribution in [1.29, 1.82) is 0 Å². The van der Waals surface area contributed by atoms with Gasteiger partial charge < -0.3 is 9.14 Å². The largest absolute Gasteiger partial charge is 0.463 e. The highest BCUT2D eigenvalue weighted by Gasteiger charge is 2.22. The number of esters is 1. The predicted molar refractivity (Wildman–Crippen MR) is 120 cm³/mol. The molecule has 0 saturated heterocycles. The summed E-state index contributed by atoms with van der Waals surface area (Å²) in [5.41, 5.74) is 5.01. The first-order valence-corrected chi connectivity index (χ1v) is 10.2. The Morgan fingerprint density at radius 3 is 2.53 bits per heavy atom. The zero-order valence-corrected chi connectivity index (χ0v) is 17.4. The number of fused-ring (bicyclic) bond motifs is 3. The lowest BCUT2D eigenvalue weighted by molar-refractivity contribution is -0.137. The van der Waals surface area contributed by atoms with Crippen LogP contribution in [0.5, 0.6) is 0 Å². The molecule has 0 saturated carbocycles. The quantitative estimate of drug-likeness (QED) is 0.279.